The average Bonchev–Trinajstić information content (AvgIpc) is 2.34. The van der Waals surface area contributed by atoms with E-state index in [1.165, 1.54) is 18.2 Å². The normalized spacial score (nSPS) is 9.18. The summed E-state index contributed by atoms with van der Waals surface area (Å²) in [6, 6.07) is 7.58. The fraction of sp³-hybridized carbons (Fsp3) is 0.182. The molecule has 0 heterocycles. The van der Waals surface area contributed by atoms with Gasteiger partial charge in [-0.1, -0.05) is 18.2 Å². The number of rotatable bonds is 3. The molecule has 2 amide bonds. The molecule has 0 saturated heterocycles. The Morgan fingerprint density at radius 2 is 1.88 bits per heavy atom. The average molecular weight is 235 g/mol. The van der Waals surface area contributed by atoms with Crippen LogP contribution in [0.5, 0.6) is 0 Å². The second-order valence-corrected chi connectivity index (χ2v) is 3.11. The van der Waals surface area contributed by atoms with Gasteiger partial charge < -0.3 is 10.6 Å². The van der Waals surface area contributed by atoms with Crippen molar-refractivity contribution in [3.8, 4) is 6.07 Å². The van der Waals surface area contributed by atoms with E-state index in [4.69, 9.17) is 5.26 Å². The van der Waals surface area contributed by atoms with Crippen molar-refractivity contribution in [1.82, 2.24) is 10.6 Å². The molecule has 0 fully saturated rings. The molecule has 6 heteroatoms. The number of halogens is 1. The van der Waals surface area contributed by atoms with Gasteiger partial charge in [0.1, 0.15) is 12.4 Å². The fourth-order valence-corrected chi connectivity index (χ4v) is 1.10. The second kappa shape index (κ2) is 6.23. The molecule has 0 aliphatic heterocycles. The number of nitriles is 1. The van der Waals surface area contributed by atoms with Crippen molar-refractivity contribution in [3.05, 3.63) is 35.6 Å². The summed E-state index contributed by atoms with van der Waals surface area (Å²) in [6.07, 6.45) is 0. The highest BCUT2D eigenvalue weighted by molar-refractivity contribution is 6.35. The van der Waals surface area contributed by atoms with E-state index in [9.17, 15) is 14.0 Å². The predicted octanol–water partition coefficient (Wildman–Crippen LogP) is 0.0817. The Balaban J connectivity index is 2.46. The zero-order valence-electron chi connectivity index (χ0n) is 8.87. The molecule has 17 heavy (non-hydrogen) atoms. The minimum Gasteiger partial charge on any atom is -0.344 e. The van der Waals surface area contributed by atoms with Crippen LogP contribution in [0.3, 0.4) is 0 Å². The van der Waals surface area contributed by atoms with Crippen molar-refractivity contribution in [1.29, 1.82) is 5.26 Å². The first-order valence-corrected chi connectivity index (χ1v) is 4.81. The highest BCUT2D eigenvalue weighted by atomic mass is 19.1. The zero-order chi connectivity index (χ0) is 12.7. The summed E-state index contributed by atoms with van der Waals surface area (Å²) in [7, 11) is 0. The molecule has 1 rings (SSSR count). The van der Waals surface area contributed by atoms with E-state index in [0.29, 0.717) is 0 Å². The first kappa shape index (κ1) is 12.6. The van der Waals surface area contributed by atoms with Gasteiger partial charge in [0.25, 0.3) is 0 Å². The zero-order valence-corrected chi connectivity index (χ0v) is 8.87. The van der Waals surface area contributed by atoms with E-state index in [2.05, 4.69) is 10.6 Å². The molecule has 0 radical (unpaired) electrons. The molecular weight excluding hydrogens is 225 g/mol. The number of hydrogen-bond acceptors (Lipinski definition) is 3. The molecule has 0 aliphatic carbocycles. The molecule has 0 spiro atoms. The summed E-state index contributed by atoms with van der Waals surface area (Å²) in [6.45, 7) is -0.322. The maximum absolute atomic E-state index is 13.1. The Labute approximate surface area is 97.2 Å². The molecule has 0 bridgehead atoms. The Kier molecular flexibility index (Phi) is 4.63. The summed E-state index contributed by atoms with van der Waals surface area (Å²) in [4.78, 5) is 22.2. The van der Waals surface area contributed by atoms with Crippen molar-refractivity contribution in [2.75, 3.05) is 6.54 Å². The first-order valence-electron chi connectivity index (χ1n) is 4.81. The van der Waals surface area contributed by atoms with E-state index >= 15 is 0 Å². The molecular formula is C11H10FN3O2. The van der Waals surface area contributed by atoms with Crippen molar-refractivity contribution in [2.45, 2.75) is 6.54 Å². The van der Waals surface area contributed by atoms with Crippen molar-refractivity contribution in [2.24, 2.45) is 0 Å². The van der Waals surface area contributed by atoms with Crippen LogP contribution in [0.1, 0.15) is 5.56 Å². The lowest BCUT2D eigenvalue weighted by atomic mass is 10.2. The highest BCUT2D eigenvalue weighted by Crippen LogP contribution is 2.05. The Bertz CT molecular complexity index is 468. The number of nitrogens with one attached hydrogen (secondary N) is 2. The summed E-state index contributed by atoms with van der Waals surface area (Å²) < 4.78 is 13.1. The van der Waals surface area contributed by atoms with Gasteiger partial charge in [-0.2, -0.15) is 5.26 Å². The van der Waals surface area contributed by atoms with Crippen LogP contribution >= 0.6 is 0 Å². The predicted molar refractivity (Wildman–Crippen MR) is 56.9 cm³/mol. The number of nitrogens with zero attached hydrogens (tertiary/aromatic N) is 1. The van der Waals surface area contributed by atoms with E-state index in [1.54, 1.807) is 12.1 Å². The van der Waals surface area contributed by atoms with Gasteiger partial charge in [0.15, 0.2) is 0 Å². The fourth-order valence-electron chi connectivity index (χ4n) is 1.10. The largest absolute Gasteiger partial charge is 0.344 e. The molecule has 1 aromatic carbocycles. The molecule has 0 unspecified atom stereocenters. The van der Waals surface area contributed by atoms with E-state index in [0.717, 1.165) is 0 Å². The summed E-state index contributed by atoms with van der Waals surface area (Å²) in [5.41, 5.74) is 0.286. The summed E-state index contributed by atoms with van der Waals surface area (Å²) in [5, 5.41) is 12.5. The third kappa shape index (κ3) is 3.91. The number of carbonyl (C=O) groups is 2. The Morgan fingerprint density at radius 1 is 1.24 bits per heavy atom. The smallest absolute Gasteiger partial charge is 0.310 e. The molecule has 5 nitrogen and oxygen atoms in total. The maximum Gasteiger partial charge on any atom is 0.310 e. The molecule has 1 aromatic rings. The number of benzene rings is 1. The summed E-state index contributed by atoms with van der Waals surface area (Å²) >= 11 is 0. The van der Waals surface area contributed by atoms with Gasteiger partial charge in [0.2, 0.25) is 0 Å². The highest BCUT2D eigenvalue weighted by Gasteiger charge is 2.12. The van der Waals surface area contributed by atoms with Crippen LogP contribution in [0.4, 0.5) is 4.39 Å². The van der Waals surface area contributed by atoms with Crippen LogP contribution in [0, 0.1) is 17.1 Å². The lowest BCUT2D eigenvalue weighted by molar-refractivity contribution is -0.139. The molecule has 0 aliphatic rings. The van der Waals surface area contributed by atoms with Crippen LogP contribution in [-0.4, -0.2) is 18.4 Å². The van der Waals surface area contributed by atoms with Gasteiger partial charge in [0, 0.05) is 12.1 Å². The molecule has 0 aromatic heterocycles. The van der Waals surface area contributed by atoms with Crippen LogP contribution in [0.2, 0.25) is 0 Å². The SMILES string of the molecule is N#CCNC(=O)C(=O)NCc1ccccc1F. The quantitative estimate of drug-likeness (QED) is 0.575. The van der Waals surface area contributed by atoms with Crippen molar-refractivity contribution < 1.29 is 14.0 Å². The minimum atomic E-state index is -0.914. The maximum atomic E-state index is 13.1. The van der Waals surface area contributed by atoms with Crippen molar-refractivity contribution in [3.63, 3.8) is 0 Å². The number of carbonyl (C=O) groups excluding carboxylic acids is 2. The van der Waals surface area contributed by atoms with Crippen LogP contribution in [0.15, 0.2) is 24.3 Å². The minimum absolute atomic E-state index is 0.0779. The second-order valence-electron chi connectivity index (χ2n) is 3.11. The number of amides is 2. The van der Waals surface area contributed by atoms with Gasteiger partial charge in [-0.15, -0.1) is 0 Å². The van der Waals surface area contributed by atoms with Gasteiger partial charge >= 0.3 is 11.8 Å². The van der Waals surface area contributed by atoms with Crippen LogP contribution in [-0.2, 0) is 16.1 Å². The van der Waals surface area contributed by atoms with E-state index in [1.807, 2.05) is 0 Å². The lowest BCUT2D eigenvalue weighted by Crippen LogP contribution is -2.39. The number of hydrogen-bond donors (Lipinski definition) is 2. The van der Waals surface area contributed by atoms with E-state index in [-0.39, 0.29) is 18.7 Å². The molecule has 0 saturated carbocycles. The van der Waals surface area contributed by atoms with Gasteiger partial charge in [-0.05, 0) is 6.07 Å². The van der Waals surface area contributed by atoms with E-state index < -0.39 is 17.6 Å². The van der Waals surface area contributed by atoms with Crippen LogP contribution in [0.25, 0.3) is 0 Å². The standard InChI is InChI=1S/C11H10FN3O2/c12-9-4-2-1-3-8(9)7-15-11(17)10(16)14-6-5-13/h1-4H,6-7H2,(H,14,16)(H,15,17). The third-order valence-electron chi connectivity index (χ3n) is 1.93. The third-order valence-corrected chi connectivity index (χ3v) is 1.93. The molecule has 2 N–H and O–H groups in total. The monoisotopic (exact) mass is 235 g/mol. The lowest BCUT2D eigenvalue weighted by Gasteiger charge is -2.05. The van der Waals surface area contributed by atoms with Crippen LogP contribution < -0.4 is 10.6 Å². The van der Waals surface area contributed by atoms with Gasteiger partial charge in [0.05, 0.1) is 6.07 Å². The van der Waals surface area contributed by atoms with Gasteiger partial charge in [-0.3, -0.25) is 9.59 Å². The Morgan fingerprint density at radius 3 is 2.53 bits per heavy atom. The van der Waals surface area contributed by atoms with Crippen molar-refractivity contribution >= 4 is 11.8 Å². The molecule has 88 valence electrons. The summed E-state index contributed by atoms with van der Waals surface area (Å²) in [5.74, 6) is -2.27. The van der Waals surface area contributed by atoms with Gasteiger partial charge in [-0.25, -0.2) is 4.39 Å². The Hall–Kier alpha value is -2.42. The molecule has 0 atom stereocenters. The topological polar surface area (TPSA) is 82.0 Å². The first-order chi connectivity index (χ1) is 8.15.